The number of carbonyl (C=O) groups is 1. The highest BCUT2D eigenvalue weighted by atomic mass is 16.5. The average Bonchev–Trinajstić information content (AvgIpc) is 2.39. The van der Waals surface area contributed by atoms with Gasteiger partial charge in [-0.1, -0.05) is 76.9 Å². The fraction of sp³-hybridized carbons (Fsp3) is 0.812. The van der Waals surface area contributed by atoms with Crippen molar-refractivity contribution < 1.29 is 9.53 Å². The Balaban J connectivity index is 2.98. The quantitative estimate of drug-likeness (QED) is 0.247. The van der Waals surface area contributed by atoms with Crippen LogP contribution in [-0.4, -0.2) is 13.1 Å². The third-order valence-electron chi connectivity index (χ3n) is 3.15. The van der Waals surface area contributed by atoms with Gasteiger partial charge in [0.05, 0.1) is 0 Å². The molecule has 0 aromatic heterocycles. The number of rotatable bonds is 14. The van der Waals surface area contributed by atoms with Crippen molar-refractivity contribution in [3.63, 3.8) is 0 Å². The van der Waals surface area contributed by atoms with Crippen LogP contribution in [0.25, 0.3) is 0 Å². The highest BCUT2D eigenvalue weighted by molar-refractivity contribution is 5.37. The van der Waals surface area contributed by atoms with Crippen LogP contribution in [0.3, 0.4) is 0 Å². The summed E-state index contributed by atoms with van der Waals surface area (Å²) in [6, 6.07) is 0. The Kier molecular flexibility index (Phi) is 15.5. The van der Waals surface area contributed by atoms with E-state index in [1.54, 1.807) is 0 Å². The Bertz CT molecular complexity index is 188. The second kappa shape index (κ2) is 16.2. The first kappa shape index (κ1) is 17.2. The van der Waals surface area contributed by atoms with E-state index < -0.39 is 0 Å². The van der Waals surface area contributed by atoms with Crippen LogP contribution in [0.2, 0.25) is 0 Å². The van der Waals surface area contributed by atoms with Gasteiger partial charge in [0, 0.05) is 0 Å². The van der Waals surface area contributed by atoms with Gasteiger partial charge in [0.25, 0.3) is 6.47 Å². The van der Waals surface area contributed by atoms with Crippen LogP contribution < -0.4 is 0 Å². The van der Waals surface area contributed by atoms with E-state index >= 15 is 0 Å². The van der Waals surface area contributed by atoms with Crippen LogP contribution in [0, 0.1) is 0 Å². The summed E-state index contributed by atoms with van der Waals surface area (Å²) in [6.45, 7) is 3.17. The number of hydrogen-bond acceptors (Lipinski definition) is 2. The third kappa shape index (κ3) is 15.2. The van der Waals surface area contributed by atoms with Gasteiger partial charge < -0.3 is 4.74 Å². The number of carbonyl (C=O) groups excluding carboxylic acids is 1. The van der Waals surface area contributed by atoms with Gasteiger partial charge >= 0.3 is 0 Å². The van der Waals surface area contributed by atoms with Gasteiger partial charge in [-0.05, 0) is 12.8 Å². The molecular weight excluding hydrogens is 224 g/mol. The first-order valence-electron chi connectivity index (χ1n) is 7.62. The molecule has 0 atom stereocenters. The monoisotopic (exact) mass is 254 g/mol. The summed E-state index contributed by atoms with van der Waals surface area (Å²) in [5.74, 6) is 0. The molecule has 0 aliphatic rings. The highest BCUT2D eigenvalue weighted by Gasteiger charge is 1.91. The van der Waals surface area contributed by atoms with E-state index in [0.717, 1.165) is 6.42 Å². The molecule has 0 aliphatic carbocycles. The van der Waals surface area contributed by atoms with Gasteiger partial charge in [0.2, 0.25) is 0 Å². The Morgan fingerprint density at radius 1 is 0.778 bits per heavy atom. The summed E-state index contributed by atoms with van der Waals surface area (Å²) < 4.78 is 4.57. The number of ether oxygens (including phenoxy) is 1. The van der Waals surface area contributed by atoms with Crippen molar-refractivity contribution in [1.29, 1.82) is 0 Å². The van der Waals surface area contributed by atoms with Crippen LogP contribution in [0.15, 0.2) is 12.2 Å². The van der Waals surface area contributed by atoms with Crippen molar-refractivity contribution >= 4 is 6.47 Å². The summed E-state index contributed by atoms with van der Waals surface area (Å²) in [6.07, 6.45) is 18.9. The fourth-order valence-electron chi connectivity index (χ4n) is 2.03. The van der Waals surface area contributed by atoms with Crippen molar-refractivity contribution in [2.75, 3.05) is 6.61 Å². The summed E-state index contributed by atoms with van der Waals surface area (Å²) in [5, 5.41) is 0. The molecule has 0 unspecified atom stereocenters. The minimum Gasteiger partial charge on any atom is -0.464 e. The molecule has 0 N–H and O–H groups in total. The zero-order valence-corrected chi connectivity index (χ0v) is 12.0. The predicted octanol–water partition coefficient (Wildman–Crippen LogP) is 5.03. The molecule has 2 heteroatoms. The van der Waals surface area contributed by atoms with E-state index in [1.807, 2.05) is 6.08 Å². The second-order valence-electron chi connectivity index (χ2n) is 4.87. The van der Waals surface area contributed by atoms with Gasteiger partial charge in [-0.2, -0.15) is 0 Å². The zero-order chi connectivity index (χ0) is 13.3. The van der Waals surface area contributed by atoms with Gasteiger partial charge in [-0.3, -0.25) is 4.79 Å². The van der Waals surface area contributed by atoms with E-state index in [4.69, 9.17) is 0 Å². The molecule has 0 radical (unpaired) electrons. The van der Waals surface area contributed by atoms with E-state index in [1.165, 1.54) is 64.2 Å². The van der Waals surface area contributed by atoms with Crippen molar-refractivity contribution in [3.05, 3.63) is 12.2 Å². The Hall–Kier alpha value is -0.790. The molecule has 0 aliphatic heterocycles. The molecule has 18 heavy (non-hydrogen) atoms. The van der Waals surface area contributed by atoms with E-state index in [9.17, 15) is 4.79 Å². The molecule has 0 fully saturated rings. The maximum atomic E-state index is 9.87. The molecule has 0 rings (SSSR count). The lowest BCUT2D eigenvalue weighted by atomic mass is 10.1. The summed E-state index contributed by atoms with van der Waals surface area (Å²) in [4.78, 5) is 9.87. The summed E-state index contributed by atoms with van der Waals surface area (Å²) >= 11 is 0. The number of unbranched alkanes of at least 4 members (excludes halogenated alkanes) is 10. The van der Waals surface area contributed by atoms with E-state index in [0.29, 0.717) is 13.1 Å². The SMILES string of the molecule is CCCCCCCCCCCC/C=C/COC=O. The molecule has 106 valence electrons. The first-order valence-corrected chi connectivity index (χ1v) is 7.62. The fourth-order valence-corrected chi connectivity index (χ4v) is 2.03. The van der Waals surface area contributed by atoms with Crippen molar-refractivity contribution in [2.45, 2.75) is 77.6 Å². The lowest BCUT2D eigenvalue weighted by Crippen LogP contribution is -1.85. The van der Waals surface area contributed by atoms with Gasteiger partial charge in [0.1, 0.15) is 6.61 Å². The highest BCUT2D eigenvalue weighted by Crippen LogP contribution is 2.11. The Morgan fingerprint density at radius 3 is 1.89 bits per heavy atom. The van der Waals surface area contributed by atoms with Crippen molar-refractivity contribution in [3.8, 4) is 0 Å². The summed E-state index contributed by atoms with van der Waals surface area (Å²) in [7, 11) is 0. The van der Waals surface area contributed by atoms with Gasteiger partial charge in [-0.25, -0.2) is 0 Å². The van der Waals surface area contributed by atoms with Crippen LogP contribution in [0.1, 0.15) is 77.6 Å². The molecule has 2 nitrogen and oxygen atoms in total. The van der Waals surface area contributed by atoms with Crippen LogP contribution in [0.4, 0.5) is 0 Å². The van der Waals surface area contributed by atoms with Crippen LogP contribution >= 0.6 is 0 Å². The smallest absolute Gasteiger partial charge is 0.293 e. The molecule has 0 heterocycles. The maximum absolute atomic E-state index is 9.87. The van der Waals surface area contributed by atoms with E-state index in [-0.39, 0.29) is 0 Å². The molecule has 0 amide bonds. The second-order valence-corrected chi connectivity index (χ2v) is 4.87. The lowest BCUT2D eigenvalue weighted by Gasteiger charge is -2.01. The number of hydrogen-bond donors (Lipinski definition) is 0. The molecule has 0 spiro atoms. The van der Waals surface area contributed by atoms with Crippen molar-refractivity contribution in [2.24, 2.45) is 0 Å². The predicted molar refractivity (Wildman–Crippen MR) is 77.6 cm³/mol. The van der Waals surface area contributed by atoms with Crippen LogP contribution in [0.5, 0.6) is 0 Å². The normalized spacial score (nSPS) is 10.9. The largest absolute Gasteiger partial charge is 0.464 e. The molecule has 0 aromatic rings. The molecular formula is C16H30O2. The number of allylic oxidation sites excluding steroid dienone is 1. The molecule has 0 saturated carbocycles. The lowest BCUT2D eigenvalue weighted by molar-refractivity contribution is -0.127. The van der Waals surface area contributed by atoms with Crippen LogP contribution in [-0.2, 0) is 9.53 Å². The van der Waals surface area contributed by atoms with Gasteiger partial charge in [-0.15, -0.1) is 0 Å². The topological polar surface area (TPSA) is 26.3 Å². The molecule has 0 saturated heterocycles. The average molecular weight is 254 g/mol. The molecule has 0 bridgehead atoms. The minimum absolute atomic E-state index is 0.418. The Morgan fingerprint density at radius 2 is 1.33 bits per heavy atom. The maximum Gasteiger partial charge on any atom is 0.293 e. The minimum atomic E-state index is 0.418. The van der Waals surface area contributed by atoms with Gasteiger partial charge in [0.15, 0.2) is 0 Å². The third-order valence-corrected chi connectivity index (χ3v) is 3.15. The zero-order valence-electron chi connectivity index (χ0n) is 12.0. The summed E-state index contributed by atoms with van der Waals surface area (Å²) in [5.41, 5.74) is 0. The first-order chi connectivity index (χ1) is 8.91. The van der Waals surface area contributed by atoms with E-state index in [2.05, 4.69) is 17.7 Å². The van der Waals surface area contributed by atoms with Crippen molar-refractivity contribution in [1.82, 2.24) is 0 Å². The molecule has 0 aromatic carbocycles. The standard InChI is InChI=1S/C16H30O2/c1-2-3-4-5-6-7-8-9-10-11-12-13-14-15-18-16-17/h13-14,16H,2-12,15H2,1H3/b14-13+. The Labute approximate surface area is 113 Å².